The highest BCUT2D eigenvalue weighted by atomic mass is 16.3. The van der Waals surface area contributed by atoms with Crippen LogP contribution in [0.15, 0.2) is 18.2 Å². The van der Waals surface area contributed by atoms with Gasteiger partial charge in [-0.1, -0.05) is 0 Å². The number of carbonyl (C=O) groups is 1. The van der Waals surface area contributed by atoms with Crippen LogP contribution in [0.4, 0.5) is 0 Å². The van der Waals surface area contributed by atoms with E-state index < -0.39 is 5.60 Å². The molecule has 0 aliphatic heterocycles. The third kappa shape index (κ3) is 2.20. The average Bonchev–Trinajstić information content (AvgIpc) is 2.69. The molecule has 1 aromatic carbocycles. The van der Waals surface area contributed by atoms with Crippen molar-refractivity contribution in [2.75, 3.05) is 6.54 Å². The molecule has 106 valence electrons. The Morgan fingerprint density at radius 3 is 2.80 bits per heavy atom. The summed E-state index contributed by atoms with van der Waals surface area (Å²) in [7, 11) is 0. The highest BCUT2D eigenvalue weighted by Crippen LogP contribution is 2.30. The molecule has 0 radical (unpaired) electrons. The van der Waals surface area contributed by atoms with Crippen LogP contribution in [0.5, 0.6) is 0 Å². The maximum atomic E-state index is 12.2. The van der Waals surface area contributed by atoms with E-state index in [9.17, 15) is 9.90 Å². The van der Waals surface area contributed by atoms with E-state index in [4.69, 9.17) is 0 Å². The predicted molar refractivity (Wildman–Crippen MR) is 78.9 cm³/mol. The summed E-state index contributed by atoms with van der Waals surface area (Å²) in [6.07, 6.45) is 2.60. The molecular weight excluding hydrogens is 252 g/mol. The number of hydrogen-bond acceptors (Lipinski definition) is 2. The van der Waals surface area contributed by atoms with Crippen LogP contribution >= 0.6 is 0 Å². The van der Waals surface area contributed by atoms with Crippen molar-refractivity contribution in [3.05, 3.63) is 35.0 Å². The zero-order valence-electron chi connectivity index (χ0n) is 11.9. The van der Waals surface area contributed by atoms with Gasteiger partial charge in [-0.25, -0.2) is 0 Å². The lowest BCUT2D eigenvalue weighted by Crippen LogP contribution is -2.47. The number of carbonyl (C=O) groups excluding carboxylic acids is 1. The van der Waals surface area contributed by atoms with Crippen LogP contribution in [-0.2, 0) is 0 Å². The van der Waals surface area contributed by atoms with Gasteiger partial charge in [0.2, 0.25) is 0 Å². The van der Waals surface area contributed by atoms with E-state index in [2.05, 4.69) is 10.3 Å². The third-order valence-corrected chi connectivity index (χ3v) is 4.43. The van der Waals surface area contributed by atoms with Crippen LogP contribution in [0.25, 0.3) is 10.9 Å². The zero-order valence-corrected chi connectivity index (χ0v) is 11.9. The molecular formula is C16H20N2O2. The fraction of sp³-hybridized carbons (Fsp3) is 0.438. The van der Waals surface area contributed by atoms with Crippen molar-refractivity contribution in [1.29, 1.82) is 0 Å². The SMILES string of the molecule is Cc1[nH]c2ccc(C(=O)NCC3(O)CCC3)cc2c1C. The minimum atomic E-state index is -0.680. The fourth-order valence-electron chi connectivity index (χ4n) is 2.71. The Hall–Kier alpha value is -1.81. The molecule has 0 bridgehead atoms. The fourth-order valence-corrected chi connectivity index (χ4v) is 2.71. The van der Waals surface area contributed by atoms with Crippen LogP contribution in [0.2, 0.25) is 0 Å². The minimum Gasteiger partial charge on any atom is -0.388 e. The van der Waals surface area contributed by atoms with Crippen molar-refractivity contribution in [1.82, 2.24) is 10.3 Å². The highest BCUT2D eigenvalue weighted by molar-refractivity contribution is 5.99. The molecule has 4 nitrogen and oxygen atoms in total. The molecule has 1 aliphatic carbocycles. The molecule has 0 atom stereocenters. The Morgan fingerprint density at radius 1 is 1.40 bits per heavy atom. The zero-order chi connectivity index (χ0) is 14.3. The van der Waals surface area contributed by atoms with Crippen LogP contribution in [0, 0.1) is 13.8 Å². The summed E-state index contributed by atoms with van der Waals surface area (Å²) in [6, 6.07) is 5.66. The second-order valence-corrected chi connectivity index (χ2v) is 5.90. The molecule has 1 saturated carbocycles. The van der Waals surface area contributed by atoms with Crippen molar-refractivity contribution in [3.8, 4) is 0 Å². The summed E-state index contributed by atoms with van der Waals surface area (Å²) in [6.45, 7) is 4.42. The molecule has 1 aliphatic rings. The second kappa shape index (κ2) is 4.63. The van der Waals surface area contributed by atoms with Gasteiger partial charge < -0.3 is 15.4 Å². The highest BCUT2D eigenvalue weighted by Gasteiger charge is 2.34. The van der Waals surface area contributed by atoms with Gasteiger partial charge in [0.05, 0.1) is 5.60 Å². The van der Waals surface area contributed by atoms with Gasteiger partial charge in [0, 0.05) is 28.7 Å². The maximum absolute atomic E-state index is 12.2. The summed E-state index contributed by atoms with van der Waals surface area (Å²) in [5.74, 6) is -0.120. The average molecular weight is 272 g/mol. The number of benzene rings is 1. The van der Waals surface area contributed by atoms with Crippen LogP contribution in [-0.4, -0.2) is 28.1 Å². The molecule has 20 heavy (non-hydrogen) atoms. The molecule has 3 N–H and O–H groups in total. The van der Waals surface area contributed by atoms with Gasteiger partial charge in [-0.05, 0) is 56.9 Å². The van der Waals surface area contributed by atoms with Gasteiger partial charge in [0.25, 0.3) is 5.91 Å². The lowest BCUT2D eigenvalue weighted by atomic mass is 9.80. The first kappa shape index (κ1) is 13.2. The number of amides is 1. The molecule has 1 fully saturated rings. The molecule has 4 heteroatoms. The van der Waals surface area contributed by atoms with Crippen molar-refractivity contribution in [2.24, 2.45) is 0 Å². The molecule has 0 spiro atoms. The number of H-pyrrole nitrogens is 1. The Balaban J connectivity index is 1.79. The standard InChI is InChI=1S/C16H20N2O2/c1-10-11(2)18-14-5-4-12(8-13(10)14)15(19)17-9-16(20)6-3-7-16/h4-5,8,18,20H,3,6-7,9H2,1-2H3,(H,17,19). The first-order valence-electron chi connectivity index (χ1n) is 7.08. The molecule has 2 aromatic rings. The van der Waals surface area contributed by atoms with Gasteiger partial charge >= 0.3 is 0 Å². The summed E-state index contributed by atoms with van der Waals surface area (Å²) < 4.78 is 0. The minimum absolute atomic E-state index is 0.120. The summed E-state index contributed by atoms with van der Waals surface area (Å²) in [5, 5.41) is 13.9. The van der Waals surface area contributed by atoms with Crippen molar-refractivity contribution < 1.29 is 9.90 Å². The van der Waals surface area contributed by atoms with Crippen LogP contribution < -0.4 is 5.32 Å². The lowest BCUT2D eigenvalue weighted by Gasteiger charge is -2.36. The number of rotatable bonds is 3. The van der Waals surface area contributed by atoms with Crippen molar-refractivity contribution in [2.45, 2.75) is 38.7 Å². The normalized spacial score (nSPS) is 16.9. The summed E-state index contributed by atoms with van der Waals surface area (Å²) in [5.41, 5.74) is 3.31. The predicted octanol–water partition coefficient (Wildman–Crippen LogP) is 2.43. The van der Waals surface area contributed by atoms with Gasteiger partial charge in [0.1, 0.15) is 0 Å². The van der Waals surface area contributed by atoms with Gasteiger partial charge in [-0.2, -0.15) is 0 Å². The number of aliphatic hydroxyl groups is 1. The summed E-state index contributed by atoms with van der Waals surface area (Å²) in [4.78, 5) is 15.5. The Kier molecular flexibility index (Phi) is 3.05. The van der Waals surface area contributed by atoms with Crippen LogP contribution in [0.1, 0.15) is 40.9 Å². The number of nitrogens with one attached hydrogen (secondary N) is 2. The van der Waals surface area contributed by atoms with E-state index in [1.807, 2.05) is 32.0 Å². The number of aryl methyl sites for hydroxylation is 2. The molecule has 1 amide bonds. The number of fused-ring (bicyclic) bond motifs is 1. The second-order valence-electron chi connectivity index (χ2n) is 5.90. The maximum Gasteiger partial charge on any atom is 0.251 e. The first-order chi connectivity index (χ1) is 9.48. The van der Waals surface area contributed by atoms with Crippen LogP contribution in [0.3, 0.4) is 0 Å². The smallest absolute Gasteiger partial charge is 0.251 e. The largest absolute Gasteiger partial charge is 0.388 e. The summed E-state index contributed by atoms with van der Waals surface area (Å²) >= 11 is 0. The van der Waals surface area contributed by atoms with E-state index >= 15 is 0 Å². The quantitative estimate of drug-likeness (QED) is 0.803. The molecule has 3 rings (SSSR count). The van der Waals surface area contributed by atoms with Gasteiger partial charge in [-0.15, -0.1) is 0 Å². The van der Waals surface area contributed by atoms with E-state index in [-0.39, 0.29) is 5.91 Å². The van der Waals surface area contributed by atoms with Gasteiger partial charge in [0.15, 0.2) is 0 Å². The van der Waals surface area contributed by atoms with E-state index in [1.165, 1.54) is 5.56 Å². The molecule has 1 aromatic heterocycles. The molecule has 0 saturated heterocycles. The van der Waals surface area contributed by atoms with Crippen molar-refractivity contribution >= 4 is 16.8 Å². The Bertz CT molecular complexity index is 668. The third-order valence-electron chi connectivity index (χ3n) is 4.43. The number of hydrogen-bond donors (Lipinski definition) is 3. The Morgan fingerprint density at radius 2 is 2.15 bits per heavy atom. The van der Waals surface area contributed by atoms with Gasteiger partial charge in [-0.3, -0.25) is 4.79 Å². The van der Waals surface area contributed by atoms with Crippen molar-refractivity contribution in [3.63, 3.8) is 0 Å². The monoisotopic (exact) mass is 272 g/mol. The number of aromatic nitrogens is 1. The van der Waals surface area contributed by atoms with E-state index in [0.717, 1.165) is 35.9 Å². The lowest BCUT2D eigenvalue weighted by molar-refractivity contribution is -0.0300. The number of aromatic amines is 1. The molecule has 0 unspecified atom stereocenters. The first-order valence-corrected chi connectivity index (χ1v) is 7.08. The Labute approximate surface area is 118 Å². The topological polar surface area (TPSA) is 65.1 Å². The van der Waals surface area contributed by atoms with E-state index in [0.29, 0.717) is 12.1 Å². The van der Waals surface area contributed by atoms with E-state index in [1.54, 1.807) is 0 Å². The molecule has 1 heterocycles.